The Morgan fingerprint density at radius 1 is 1.64 bits per heavy atom. The Morgan fingerprint density at radius 2 is 2.18 bits per heavy atom. The van der Waals surface area contributed by atoms with E-state index in [0.717, 1.165) is 0 Å². The van der Waals surface area contributed by atoms with Crippen molar-refractivity contribution in [2.45, 2.75) is 0 Å². The van der Waals surface area contributed by atoms with Crippen molar-refractivity contribution in [1.82, 2.24) is 0 Å². The highest BCUT2D eigenvalue weighted by atomic mass is 31.2. The van der Waals surface area contributed by atoms with Crippen LogP contribution < -0.4 is 0 Å². The monoisotopic (exact) mass is 202 g/mol. The zero-order valence-electron chi connectivity index (χ0n) is 5.47. The minimum absolute atomic E-state index is 0.640. The van der Waals surface area contributed by atoms with Crippen LogP contribution in [0.3, 0.4) is 0 Å². The molecular formula is C3H8O6P2. The van der Waals surface area contributed by atoms with E-state index in [1.807, 2.05) is 0 Å². The molecule has 0 aromatic heterocycles. The van der Waals surface area contributed by atoms with Crippen LogP contribution in [-0.2, 0) is 18.2 Å². The van der Waals surface area contributed by atoms with Crippen molar-refractivity contribution in [3.63, 3.8) is 0 Å². The number of carbonyl (C=O) groups is 1. The predicted octanol–water partition coefficient (Wildman–Crippen LogP) is -0.529. The highest BCUT2D eigenvalue weighted by Crippen LogP contribution is 2.45. The molecule has 0 amide bonds. The minimum atomic E-state index is -4.11. The normalized spacial score (nSPS) is 15.9. The highest BCUT2D eigenvalue weighted by molar-refractivity contribution is 7.52. The molecule has 0 aliphatic rings. The van der Waals surface area contributed by atoms with E-state index in [4.69, 9.17) is 10.00 Å². The molecule has 0 aliphatic carbocycles. The standard InChI is InChI=1S/C3H8O6P2/c4-1-3(5)2-8-11(6,7)9-10/h4H,1-2,10H2,(H,6,7). The first-order valence-corrected chi connectivity index (χ1v) is 4.47. The Labute approximate surface area is 65.4 Å². The summed E-state index contributed by atoms with van der Waals surface area (Å²) in [7, 11) is -2.58. The van der Waals surface area contributed by atoms with Crippen LogP contribution in [0.5, 0.6) is 0 Å². The summed E-state index contributed by atoms with van der Waals surface area (Å²) in [6.45, 7) is -1.37. The molecule has 0 aliphatic heterocycles. The van der Waals surface area contributed by atoms with Crippen molar-refractivity contribution in [3.8, 4) is 0 Å². The van der Waals surface area contributed by atoms with Gasteiger partial charge in [0, 0.05) is 9.47 Å². The van der Waals surface area contributed by atoms with Crippen LogP contribution in [0, 0.1) is 0 Å². The second-order valence-electron chi connectivity index (χ2n) is 1.54. The van der Waals surface area contributed by atoms with Gasteiger partial charge in [-0.25, -0.2) is 4.57 Å². The third-order valence-corrected chi connectivity index (χ3v) is 2.22. The first kappa shape index (κ1) is 11.2. The fraction of sp³-hybridized carbons (Fsp3) is 0.667. The molecule has 66 valence electrons. The molecule has 0 rings (SSSR count). The predicted molar refractivity (Wildman–Crippen MR) is 38.7 cm³/mol. The number of phosphoric acid groups is 1. The van der Waals surface area contributed by atoms with Gasteiger partial charge in [0.25, 0.3) is 0 Å². The summed E-state index contributed by atoms with van der Waals surface area (Å²) in [6.07, 6.45) is 0. The summed E-state index contributed by atoms with van der Waals surface area (Å²) in [4.78, 5) is 18.8. The Balaban J connectivity index is 3.70. The summed E-state index contributed by atoms with van der Waals surface area (Å²) in [6, 6.07) is 0. The van der Waals surface area contributed by atoms with Gasteiger partial charge < -0.3 is 10.00 Å². The molecule has 0 saturated carbocycles. The maximum absolute atomic E-state index is 10.5. The molecule has 0 spiro atoms. The molecule has 0 saturated heterocycles. The smallest absolute Gasteiger partial charge is 0.388 e. The fourth-order valence-electron chi connectivity index (χ4n) is 0.230. The summed E-state index contributed by atoms with van der Waals surface area (Å²) in [5.41, 5.74) is 0. The van der Waals surface area contributed by atoms with Gasteiger partial charge >= 0.3 is 7.82 Å². The fourth-order valence-corrected chi connectivity index (χ4v) is 0.780. The van der Waals surface area contributed by atoms with E-state index in [1.54, 1.807) is 0 Å². The molecule has 0 radical (unpaired) electrons. The van der Waals surface area contributed by atoms with Gasteiger partial charge in [0.05, 0.1) is 0 Å². The number of Topliss-reactive ketones (excluding diaryl/α,β-unsaturated/α-hetero) is 1. The Kier molecular flexibility index (Phi) is 5.01. The summed E-state index contributed by atoms with van der Waals surface area (Å²) in [5.74, 6) is -0.693. The van der Waals surface area contributed by atoms with Gasteiger partial charge in [-0.2, -0.15) is 0 Å². The zero-order chi connectivity index (χ0) is 8.91. The van der Waals surface area contributed by atoms with E-state index in [0.29, 0.717) is 0 Å². The van der Waals surface area contributed by atoms with E-state index in [1.165, 1.54) is 9.47 Å². The van der Waals surface area contributed by atoms with Crippen LogP contribution in [0.15, 0.2) is 0 Å². The number of hydrogen-bond acceptors (Lipinski definition) is 5. The average molecular weight is 202 g/mol. The second-order valence-corrected chi connectivity index (χ2v) is 3.58. The summed E-state index contributed by atoms with van der Waals surface area (Å²) in [5, 5.41) is 8.16. The van der Waals surface area contributed by atoms with Crippen LogP contribution in [0.1, 0.15) is 0 Å². The topological polar surface area (TPSA) is 93.1 Å². The molecule has 6 nitrogen and oxygen atoms in total. The number of ketones is 1. The minimum Gasteiger partial charge on any atom is -0.388 e. The lowest BCUT2D eigenvalue weighted by molar-refractivity contribution is -0.124. The molecule has 2 unspecified atom stereocenters. The van der Waals surface area contributed by atoms with Crippen molar-refractivity contribution in [2.75, 3.05) is 13.2 Å². The quantitative estimate of drug-likeness (QED) is 0.582. The molecule has 2 N–H and O–H groups in total. The van der Waals surface area contributed by atoms with Crippen molar-refractivity contribution >= 4 is 23.1 Å². The number of rotatable bonds is 5. The van der Waals surface area contributed by atoms with E-state index in [9.17, 15) is 9.36 Å². The number of hydrogen-bond donors (Lipinski definition) is 2. The van der Waals surface area contributed by atoms with Crippen molar-refractivity contribution in [3.05, 3.63) is 0 Å². The third kappa shape index (κ3) is 5.44. The number of carbonyl (C=O) groups excluding carboxylic acids is 1. The number of phosphoric ester groups is 1. The zero-order valence-corrected chi connectivity index (χ0v) is 7.52. The first-order chi connectivity index (χ1) is 5.02. The van der Waals surface area contributed by atoms with Gasteiger partial charge in [0.15, 0.2) is 5.78 Å². The van der Waals surface area contributed by atoms with Gasteiger partial charge in [0.1, 0.15) is 13.2 Å². The lowest BCUT2D eigenvalue weighted by atomic mass is 10.5. The van der Waals surface area contributed by atoms with Gasteiger partial charge in [0.2, 0.25) is 0 Å². The van der Waals surface area contributed by atoms with Crippen LogP contribution in [0.4, 0.5) is 0 Å². The molecule has 0 bridgehead atoms. The summed E-state index contributed by atoms with van der Waals surface area (Å²) >= 11 is 0. The van der Waals surface area contributed by atoms with Gasteiger partial charge in [-0.3, -0.25) is 13.6 Å². The SMILES string of the molecule is O=C(CO)COP(=O)(O)OP. The maximum Gasteiger partial charge on any atom is 0.475 e. The first-order valence-electron chi connectivity index (χ1n) is 2.50. The van der Waals surface area contributed by atoms with Crippen LogP contribution in [0.2, 0.25) is 0 Å². The highest BCUT2D eigenvalue weighted by Gasteiger charge is 2.19. The van der Waals surface area contributed by atoms with Crippen LogP contribution >= 0.6 is 17.3 Å². The van der Waals surface area contributed by atoms with E-state index in [-0.39, 0.29) is 0 Å². The maximum atomic E-state index is 10.5. The number of aliphatic hydroxyl groups excluding tert-OH is 1. The van der Waals surface area contributed by atoms with Crippen LogP contribution in [-0.4, -0.2) is 29.0 Å². The summed E-state index contributed by atoms with van der Waals surface area (Å²) < 4.78 is 18.5. The molecule has 11 heavy (non-hydrogen) atoms. The molecule has 2 atom stereocenters. The molecule has 0 aromatic rings. The van der Waals surface area contributed by atoms with Gasteiger partial charge in [-0.15, -0.1) is 0 Å². The van der Waals surface area contributed by atoms with Crippen molar-refractivity contribution in [1.29, 1.82) is 0 Å². The Bertz CT molecular complexity index is 179. The third-order valence-electron chi connectivity index (χ3n) is 0.698. The van der Waals surface area contributed by atoms with E-state index >= 15 is 0 Å². The average Bonchev–Trinajstić information content (AvgIpc) is 2.00. The van der Waals surface area contributed by atoms with E-state index in [2.05, 4.69) is 8.83 Å². The van der Waals surface area contributed by atoms with Gasteiger partial charge in [-0.05, 0) is 0 Å². The van der Waals surface area contributed by atoms with Crippen LogP contribution in [0.25, 0.3) is 0 Å². The second kappa shape index (κ2) is 4.93. The molecular weight excluding hydrogens is 194 g/mol. The molecule has 0 fully saturated rings. The number of aliphatic hydroxyl groups is 1. The molecule has 0 heterocycles. The van der Waals surface area contributed by atoms with Gasteiger partial charge in [-0.1, -0.05) is 0 Å². The molecule has 0 aromatic carbocycles. The van der Waals surface area contributed by atoms with Crippen molar-refractivity contribution < 1.29 is 28.2 Å². The lowest BCUT2D eigenvalue weighted by Gasteiger charge is -2.06. The van der Waals surface area contributed by atoms with Crippen molar-refractivity contribution in [2.24, 2.45) is 0 Å². The molecule has 8 heteroatoms. The Morgan fingerprint density at radius 3 is 2.55 bits per heavy atom. The largest absolute Gasteiger partial charge is 0.475 e. The van der Waals surface area contributed by atoms with E-state index < -0.39 is 26.8 Å². The Hall–Kier alpha value is 0.170. The lowest BCUT2D eigenvalue weighted by Crippen LogP contribution is -2.11.